The Morgan fingerprint density at radius 1 is 0.958 bits per heavy atom. The summed E-state index contributed by atoms with van der Waals surface area (Å²) in [5.74, 6) is 0.983. The molecule has 0 saturated carbocycles. The molecular weight excluding hydrogens is 296 g/mol. The van der Waals surface area contributed by atoms with Gasteiger partial charge in [0.1, 0.15) is 5.82 Å². The second-order valence-electron chi connectivity index (χ2n) is 6.56. The summed E-state index contributed by atoms with van der Waals surface area (Å²) in [6, 6.07) is 14.8. The molecule has 24 heavy (non-hydrogen) atoms. The number of fused-ring (bicyclic) bond motifs is 1. The highest BCUT2D eigenvalue weighted by Gasteiger charge is 2.17. The first-order valence-corrected chi connectivity index (χ1v) is 8.47. The molecule has 1 fully saturated rings. The van der Waals surface area contributed by atoms with E-state index in [2.05, 4.69) is 60.2 Å². The number of anilines is 1. The summed E-state index contributed by atoms with van der Waals surface area (Å²) < 4.78 is 0. The Balaban J connectivity index is 1.82. The molecule has 4 nitrogen and oxygen atoms in total. The normalized spacial score (nSPS) is 15.8. The Morgan fingerprint density at radius 3 is 2.46 bits per heavy atom. The molecule has 1 saturated heterocycles. The van der Waals surface area contributed by atoms with Crippen LogP contribution in [0.25, 0.3) is 22.2 Å². The van der Waals surface area contributed by atoms with Gasteiger partial charge in [0, 0.05) is 31.7 Å². The first kappa shape index (κ1) is 15.1. The second-order valence-corrected chi connectivity index (χ2v) is 6.56. The van der Waals surface area contributed by atoms with E-state index in [4.69, 9.17) is 9.97 Å². The van der Waals surface area contributed by atoms with Gasteiger partial charge in [-0.1, -0.05) is 30.3 Å². The zero-order valence-corrected chi connectivity index (χ0v) is 14.2. The summed E-state index contributed by atoms with van der Waals surface area (Å²) >= 11 is 0. The monoisotopic (exact) mass is 318 g/mol. The lowest BCUT2D eigenvalue weighted by molar-refractivity contribution is 0.312. The first-order chi connectivity index (χ1) is 11.7. The molecule has 2 aromatic carbocycles. The number of nitrogens with zero attached hydrogens (tertiary/aromatic N) is 4. The minimum absolute atomic E-state index is 0.965. The third kappa shape index (κ3) is 2.85. The predicted octanol–water partition coefficient (Wildman–Crippen LogP) is 3.36. The van der Waals surface area contributed by atoms with Crippen molar-refractivity contribution in [3.05, 3.63) is 54.2 Å². The van der Waals surface area contributed by atoms with Gasteiger partial charge < -0.3 is 9.80 Å². The molecule has 1 aliphatic rings. The predicted molar refractivity (Wildman–Crippen MR) is 99.4 cm³/mol. The van der Waals surface area contributed by atoms with E-state index in [0.717, 1.165) is 48.6 Å². The van der Waals surface area contributed by atoms with Crippen molar-refractivity contribution in [3.8, 4) is 11.1 Å². The minimum Gasteiger partial charge on any atom is -0.353 e. The van der Waals surface area contributed by atoms with Gasteiger partial charge in [-0.15, -0.1) is 0 Å². The average molecular weight is 318 g/mol. The Bertz CT molecular complexity index is 852. The van der Waals surface area contributed by atoms with Crippen molar-refractivity contribution in [3.63, 3.8) is 0 Å². The Kier molecular flexibility index (Phi) is 3.90. The van der Waals surface area contributed by atoms with Gasteiger partial charge in [0.05, 0.1) is 17.2 Å². The van der Waals surface area contributed by atoms with Crippen molar-refractivity contribution in [1.29, 1.82) is 0 Å². The molecule has 122 valence electrons. The molecule has 4 rings (SSSR count). The van der Waals surface area contributed by atoms with Crippen molar-refractivity contribution in [2.75, 3.05) is 38.1 Å². The summed E-state index contributed by atoms with van der Waals surface area (Å²) in [5, 5.41) is 0. The fourth-order valence-corrected chi connectivity index (χ4v) is 3.27. The summed E-state index contributed by atoms with van der Waals surface area (Å²) in [7, 11) is 2.17. The summed E-state index contributed by atoms with van der Waals surface area (Å²) in [6.07, 6.45) is 1.92. The molecule has 1 aromatic heterocycles. The average Bonchev–Trinajstić information content (AvgIpc) is 2.62. The molecule has 4 heteroatoms. The van der Waals surface area contributed by atoms with Crippen LogP contribution in [0.3, 0.4) is 0 Å². The third-order valence-corrected chi connectivity index (χ3v) is 4.69. The Morgan fingerprint density at radius 2 is 1.71 bits per heavy atom. The van der Waals surface area contributed by atoms with Crippen molar-refractivity contribution in [2.45, 2.75) is 6.92 Å². The van der Waals surface area contributed by atoms with Crippen LogP contribution in [0.4, 0.5) is 5.82 Å². The standard InChI is InChI=1S/C20H22N4/c1-15-12-17(16-6-4-3-5-7-16)20-18(13-15)21-14-19(22-20)24-10-8-23(2)9-11-24/h3-7,12-14H,8-11H2,1-2H3. The molecule has 2 heterocycles. The van der Waals surface area contributed by atoms with E-state index < -0.39 is 0 Å². The lowest BCUT2D eigenvalue weighted by Gasteiger charge is -2.33. The quantitative estimate of drug-likeness (QED) is 0.725. The van der Waals surface area contributed by atoms with Gasteiger partial charge in [0.15, 0.2) is 0 Å². The largest absolute Gasteiger partial charge is 0.353 e. The molecule has 0 bridgehead atoms. The zero-order valence-electron chi connectivity index (χ0n) is 14.2. The molecular formula is C20H22N4. The Hall–Kier alpha value is -2.46. The molecule has 0 radical (unpaired) electrons. The zero-order chi connectivity index (χ0) is 16.5. The maximum atomic E-state index is 4.99. The van der Waals surface area contributed by atoms with Crippen molar-refractivity contribution < 1.29 is 0 Å². The van der Waals surface area contributed by atoms with Crippen LogP contribution in [-0.4, -0.2) is 48.1 Å². The van der Waals surface area contributed by atoms with Crippen LogP contribution < -0.4 is 4.90 Å². The highest BCUT2D eigenvalue weighted by Crippen LogP contribution is 2.29. The van der Waals surface area contributed by atoms with Gasteiger partial charge in [0.2, 0.25) is 0 Å². The van der Waals surface area contributed by atoms with Gasteiger partial charge in [-0.3, -0.25) is 4.98 Å². The maximum Gasteiger partial charge on any atom is 0.147 e. The molecule has 0 amide bonds. The van der Waals surface area contributed by atoms with Gasteiger partial charge in [0.25, 0.3) is 0 Å². The van der Waals surface area contributed by atoms with Crippen LogP contribution in [-0.2, 0) is 0 Å². The number of hydrogen-bond acceptors (Lipinski definition) is 4. The molecule has 0 unspecified atom stereocenters. The second kappa shape index (κ2) is 6.21. The molecule has 0 spiro atoms. The number of rotatable bonds is 2. The molecule has 3 aromatic rings. The van der Waals surface area contributed by atoms with Crippen molar-refractivity contribution in [1.82, 2.24) is 14.9 Å². The molecule has 0 aliphatic carbocycles. The number of hydrogen-bond donors (Lipinski definition) is 0. The smallest absolute Gasteiger partial charge is 0.147 e. The van der Waals surface area contributed by atoms with E-state index in [1.807, 2.05) is 12.3 Å². The molecule has 0 atom stereocenters. The van der Waals surface area contributed by atoms with E-state index >= 15 is 0 Å². The van der Waals surface area contributed by atoms with Crippen LogP contribution in [0.5, 0.6) is 0 Å². The number of likely N-dealkylation sites (N-methyl/N-ethyl adjacent to an activating group) is 1. The fourth-order valence-electron chi connectivity index (χ4n) is 3.27. The lowest BCUT2D eigenvalue weighted by atomic mass is 10.0. The van der Waals surface area contributed by atoms with E-state index in [1.165, 1.54) is 11.1 Å². The summed E-state index contributed by atoms with van der Waals surface area (Å²) in [6.45, 7) is 6.26. The molecule has 0 N–H and O–H groups in total. The fraction of sp³-hybridized carbons (Fsp3) is 0.300. The van der Waals surface area contributed by atoms with Gasteiger partial charge in [-0.05, 0) is 37.2 Å². The Labute approximate surface area is 142 Å². The first-order valence-electron chi connectivity index (χ1n) is 8.47. The topological polar surface area (TPSA) is 32.3 Å². The van der Waals surface area contributed by atoms with E-state index in [-0.39, 0.29) is 0 Å². The third-order valence-electron chi connectivity index (χ3n) is 4.69. The number of aromatic nitrogens is 2. The van der Waals surface area contributed by atoms with Crippen LogP contribution in [0, 0.1) is 6.92 Å². The van der Waals surface area contributed by atoms with Crippen LogP contribution in [0.2, 0.25) is 0 Å². The summed E-state index contributed by atoms with van der Waals surface area (Å²) in [4.78, 5) is 14.4. The van der Waals surface area contributed by atoms with Crippen LogP contribution in [0.1, 0.15) is 5.56 Å². The highest BCUT2D eigenvalue weighted by atomic mass is 15.3. The minimum atomic E-state index is 0.965. The van der Waals surface area contributed by atoms with Gasteiger partial charge in [-0.25, -0.2) is 4.98 Å². The molecule has 1 aliphatic heterocycles. The number of piperazine rings is 1. The van der Waals surface area contributed by atoms with Crippen molar-refractivity contribution in [2.24, 2.45) is 0 Å². The number of benzene rings is 2. The van der Waals surface area contributed by atoms with Crippen molar-refractivity contribution >= 4 is 16.9 Å². The summed E-state index contributed by atoms with van der Waals surface area (Å²) in [5.41, 5.74) is 5.52. The highest BCUT2D eigenvalue weighted by molar-refractivity contribution is 5.92. The van der Waals surface area contributed by atoms with Crippen LogP contribution >= 0.6 is 0 Å². The van der Waals surface area contributed by atoms with E-state index in [0.29, 0.717) is 0 Å². The SMILES string of the molecule is Cc1cc(-c2ccccc2)c2nc(N3CCN(C)CC3)cnc2c1. The van der Waals surface area contributed by atoms with E-state index in [1.54, 1.807) is 0 Å². The van der Waals surface area contributed by atoms with Crippen LogP contribution in [0.15, 0.2) is 48.7 Å². The van der Waals surface area contributed by atoms with E-state index in [9.17, 15) is 0 Å². The number of aryl methyl sites for hydroxylation is 1. The van der Waals surface area contributed by atoms with Gasteiger partial charge in [-0.2, -0.15) is 0 Å². The van der Waals surface area contributed by atoms with Gasteiger partial charge >= 0.3 is 0 Å². The maximum absolute atomic E-state index is 4.99. The lowest BCUT2D eigenvalue weighted by Crippen LogP contribution is -2.44.